The quantitative estimate of drug-likeness (QED) is 0.500. The highest BCUT2D eigenvalue weighted by Crippen LogP contribution is 2.23. The van der Waals surface area contributed by atoms with Crippen LogP contribution < -0.4 is 5.84 Å². The Hall–Kier alpha value is -2.12. The maximum absolute atomic E-state index is 5.85. The van der Waals surface area contributed by atoms with Crippen LogP contribution in [0.1, 0.15) is 0 Å². The zero-order chi connectivity index (χ0) is 13.4. The minimum absolute atomic E-state index is 0.345. The number of nitrogen functional groups attached to an aromatic ring is 1. The topological polar surface area (TPSA) is 88.3 Å². The predicted molar refractivity (Wildman–Crippen MR) is 75.6 cm³/mol. The van der Waals surface area contributed by atoms with Crippen LogP contribution >= 0.6 is 23.8 Å². The van der Waals surface area contributed by atoms with E-state index in [1.54, 1.807) is 0 Å². The molecule has 0 bridgehead atoms. The molecular formula is C11H9ClN6S. The smallest absolute Gasteiger partial charge is 0.214 e. The van der Waals surface area contributed by atoms with Crippen molar-refractivity contribution in [3.63, 3.8) is 0 Å². The summed E-state index contributed by atoms with van der Waals surface area (Å²) in [5, 5.41) is 14.4. The van der Waals surface area contributed by atoms with E-state index in [4.69, 9.17) is 29.7 Å². The van der Waals surface area contributed by atoms with E-state index in [-0.39, 0.29) is 0 Å². The number of nitrogens with zero attached hydrogens (tertiary/aromatic N) is 3. The predicted octanol–water partition coefficient (Wildman–Crippen LogP) is 2.36. The van der Waals surface area contributed by atoms with Crippen molar-refractivity contribution in [1.82, 2.24) is 25.1 Å². The van der Waals surface area contributed by atoms with E-state index in [0.717, 1.165) is 11.3 Å². The molecule has 8 heteroatoms. The van der Waals surface area contributed by atoms with Crippen molar-refractivity contribution in [3.8, 4) is 22.8 Å². The van der Waals surface area contributed by atoms with Gasteiger partial charge in [-0.2, -0.15) is 10.2 Å². The van der Waals surface area contributed by atoms with Gasteiger partial charge in [-0.1, -0.05) is 23.7 Å². The normalized spacial score (nSPS) is 10.8. The zero-order valence-corrected chi connectivity index (χ0v) is 11.2. The third-order valence-corrected chi connectivity index (χ3v) is 3.20. The molecule has 4 N–H and O–H groups in total. The van der Waals surface area contributed by atoms with Crippen LogP contribution in [0.15, 0.2) is 30.3 Å². The Morgan fingerprint density at radius 3 is 2.53 bits per heavy atom. The number of benzene rings is 1. The molecule has 0 saturated carbocycles. The molecule has 6 nitrogen and oxygen atoms in total. The highest BCUT2D eigenvalue weighted by atomic mass is 35.5. The lowest BCUT2D eigenvalue weighted by Crippen LogP contribution is -2.09. The first kappa shape index (κ1) is 11.9. The molecule has 0 aliphatic carbocycles. The molecule has 0 saturated heterocycles. The zero-order valence-electron chi connectivity index (χ0n) is 9.59. The number of H-pyrrole nitrogens is 2. The van der Waals surface area contributed by atoms with Crippen molar-refractivity contribution in [2.45, 2.75) is 0 Å². The van der Waals surface area contributed by atoms with Crippen LogP contribution in [-0.4, -0.2) is 25.1 Å². The second-order valence-electron chi connectivity index (χ2n) is 3.90. The third kappa shape index (κ3) is 2.13. The summed E-state index contributed by atoms with van der Waals surface area (Å²) in [6, 6.07) is 9.25. The van der Waals surface area contributed by atoms with Gasteiger partial charge in [0.25, 0.3) is 0 Å². The second-order valence-corrected chi connectivity index (χ2v) is 4.72. The molecular weight excluding hydrogens is 284 g/mol. The van der Waals surface area contributed by atoms with Gasteiger partial charge in [-0.25, -0.2) is 9.77 Å². The van der Waals surface area contributed by atoms with E-state index in [0.29, 0.717) is 21.3 Å². The summed E-state index contributed by atoms with van der Waals surface area (Å²) in [6.07, 6.45) is 0. The van der Waals surface area contributed by atoms with Gasteiger partial charge in [-0.3, -0.25) is 5.10 Å². The molecule has 2 aromatic heterocycles. The monoisotopic (exact) mass is 292 g/mol. The van der Waals surface area contributed by atoms with Gasteiger partial charge in [0.15, 0.2) is 5.82 Å². The minimum atomic E-state index is 0.345. The van der Waals surface area contributed by atoms with Gasteiger partial charge in [0.2, 0.25) is 4.77 Å². The molecule has 0 amide bonds. The fourth-order valence-electron chi connectivity index (χ4n) is 1.70. The summed E-state index contributed by atoms with van der Waals surface area (Å²) < 4.78 is 1.63. The molecule has 3 aromatic rings. The van der Waals surface area contributed by atoms with Crippen LogP contribution in [0.4, 0.5) is 0 Å². The van der Waals surface area contributed by atoms with Crippen molar-refractivity contribution in [2.24, 2.45) is 0 Å². The van der Waals surface area contributed by atoms with Gasteiger partial charge in [-0.05, 0) is 30.4 Å². The summed E-state index contributed by atoms with van der Waals surface area (Å²) in [5.41, 5.74) is 2.41. The molecule has 0 unspecified atom stereocenters. The molecule has 0 fully saturated rings. The van der Waals surface area contributed by atoms with Crippen LogP contribution in [-0.2, 0) is 0 Å². The number of nitrogens with one attached hydrogen (secondary N) is 2. The van der Waals surface area contributed by atoms with Gasteiger partial charge < -0.3 is 5.84 Å². The van der Waals surface area contributed by atoms with Gasteiger partial charge >= 0.3 is 0 Å². The Balaban J connectivity index is 2.02. The molecule has 0 atom stereocenters. The van der Waals surface area contributed by atoms with Gasteiger partial charge in [0, 0.05) is 10.6 Å². The standard InChI is InChI=1S/C11H9ClN6S/c12-7-3-1-6(2-4-7)8-5-9(15-14-8)10-16-17-11(19)18(10)13/h1-5H,13H2,(H,14,15)(H,17,19). The van der Waals surface area contributed by atoms with Crippen LogP contribution in [0, 0.1) is 4.77 Å². The maximum Gasteiger partial charge on any atom is 0.214 e. The average molecular weight is 293 g/mol. The van der Waals surface area contributed by atoms with Crippen LogP contribution in [0.25, 0.3) is 22.8 Å². The minimum Gasteiger partial charge on any atom is -0.335 e. The van der Waals surface area contributed by atoms with Crippen molar-refractivity contribution < 1.29 is 0 Å². The molecule has 96 valence electrons. The summed E-state index contributed by atoms with van der Waals surface area (Å²) in [5.74, 6) is 6.25. The van der Waals surface area contributed by atoms with Crippen molar-refractivity contribution in [3.05, 3.63) is 40.1 Å². The SMILES string of the molecule is Nn1c(-c2cc(-c3ccc(Cl)cc3)n[nH]2)n[nH]c1=S. The Labute approximate surface area is 118 Å². The Bertz CT molecular complexity index is 769. The lowest BCUT2D eigenvalue weighted by molar-refractivity contribution is 0.970. The van der Waals surface area contributed by atoms with Gasteiger partial charge in [-0.15, -0.1) is 0 Å². The number of hydrogen-bond donors (Lipinski definition) is 3. The maximum atomic E-state index is 5.85. The molecule has 0 aliphatic heterocycles. The highest BCUT2D eigenvalue weighted by molar-refractivity contribution is 7.71. The molecule has 2 heterocycles. The molecule has 0 radical (unpaired) electrons. The molecule has 3 rings (SSSR count). The molecule has 0 spiro atoms. The average Bonchev–Trinajstić information content (AvgIpc) is 2.99. The van der Waals surface area contributed by atoms with Crippen LogP contribution in [0.2, 0.25) is 5.02 Å². The number of hydrogen-bond acceptors (Lipinski definition) is 4. The Morgan fingerprint density at radius 2 is 1.89 bits per heavy atom. The van der Waals surface area contributed by atoms with E-state index in [2.05, 4.69) is 20.4 Å². The largest absolute Gasteiger partial charge is 0.335 e. The first-order valence-corrected chi connectivity index (χ1v) is 6.18. The Morgan fingerprint density at radius 1 is 1.16 bits per heavy atom. The number of halogens is 1. The number of rotatable bonds is 2. The van der Waals surface area contributed by atoms with Crippen molar-refractivity contribution >= 4 is 23.8 Å². The van der Waals surface area contributed by atoms with Crippen LogP contribution in [0.3, 0.4) is 0 Å². The molecule has 0 aliphatic rings. The van der Waals surface area contributed by atoms with E-state index in [9.17, 15) is 0 Å². The lowest BCUT2D eigenvalue weighted by Gasteiger charge is -1.95. The summed E-state index contributed by atoms with van der Waals surface area (Å²) in [7, 11) is 0. The summed E-state index contributed by atoms with van der Waals surface area (Å²) >= 11 is 10.8. The first-order chi connectivity index (χ1) is 9.15. The Kier molecular flexibility index (Phi) is 2.84. The van der Waals surface area contributed by atoms with E-state index in [1.807, 2.05) is 30.3 Å². The number of aromatic amines is 2. The van der Waals surface area contributed by atoms with E-state index < -0.39 is 0 Å². The third-order valence-electron chi connectivity index (χ3n) is 2.66. The molecule has 1 aromatic carbocycles. The second kappa shape index (κ2) is 4.52. The lowest BCUT2D eigenvalue weighted by atomic mass is 10.1. The fourth-order valence-corrected chi connectivity index (χ4v) is 1.96. The first-order valence-electron chi connectivity index (χ1n) is 5.39. The van der Waals surface area contributed by atoms with Crippen molar-refractivity contribution in [2.75, 3.05) is 5.84 Å². The molecule has 19 heavy (non-hydrogen) atoms. The summed E-state index contributed by atoms with van der Waals surface area (Å²) in [4.78, 5) is 0. The number of aromatic nitrogens is 5. The summed E-state index contributed by atoms with van der Waals surface area (Å²) in [6.45, 7) is 0. The van der Waals surface area contributed by atoms with E-state index in [1.165, 1.54) is 4.68 Å². The van der Waals surface area contributed by atoms with Crippen molar-refractivity contribution in [1.29, 1.82) is 0 Å². The highest BCUT2D eigenvalue weighted by Gasteiger charge is 2.11. The fraction of sp³-hybridized carbons (Fsp3) is 0. The van der Waals surface area contributed by atoms with Gasteiger partial charge in [0.05, 0.1) is 5.69 Å². The number of nitrogens with two attached hydrogens (primary N) is 1. The van der Waals surface area contributed by atoms with Crippen LogP contribution in [0.5, 0.6) is 0 Å². The van der Waals surface area contributed by atoms with Gasteiger partial charge in [0.1, 0.15) is 5.69 Å². The van der Waals surface area contributed by atoms with E-state index >= 15 is 0 Å².